The van der Waals surface area contributed by atoms with Crippen molar-refractivity contribution in [3.8, 4) is 0 Å². The molecule has 0 spiro atoms. The van der Waals surface area contributed by atoms with Crippen LogP contribution in [0.5, 0.6) is 0 Å². The lowest BCUT2D eigenvalue weighted by molar-refractivity contribution is 0.0635. The first-order chi connectivity index (χ1) is 12.6. The second-order valence-corrected chi connectivity index (χ2v) is 8.13. The Kier molecular flexibility index (Phi) is 6.54. The Morgan fingerprint density at radius 1 is 1.26 bits per heavy atom. The summed E-state index contributed by atoms with van der Waals surface area (Å²) in [6.45, 7) is 8.97. The van der Waals surface area contributed by atoms with E-state index in [9.17, 15) is 14.0 Å². The van der Waals surface area contributed by atoms with Crippen LogP contribution in [0.25, 0.3) is 0 Å². The van der Waals surface area contributed by atoms with E-state index in [1.54, 1.807) is 27.7 Å². The number of amides is 2. The van der Waals surface area contributed by atoms with Crippen LogP contribution in [-0.4, -0.2) is 22.6 Å². The summed E-state index contributed by atoms with van der Waals surface area (Å²) in [6.07, 6.45) is 0.998. The average Bonchev–Trinajstić information content (AvgIpc) is 2.90. The van der Waals surface area contributed by atoms with Crippen molar-refractivity contribution < 1.29 is 18.7 Å². The van der Waals surface area contributed by atoms with E-state index < -0.39 is 17.5 Å². The van der Waals surface area contributed by atoms with Crippen LogP contribution >= 0.6 is 11.3 Å². The van der Waals surface area contributed by atoms with Crippen LogP contribution in [0.4, 0.5) is 20.6 Å². The molecular weight excluding hydrogens is 369 g/mol. The predicted molar refractivity (Wildman–Crippen MR) is 105 cm³/mol. The van der Waals surface area contributed by atoms with E-state index in [2.05, 4.69) is 15.6 Å². The third-order valence-corrected chi connectivity index (χ3v) is 4.59. The summed E-state index contributed by atoms with van der Waals surface area (Å²) in [6, 6.07) is 3.95. The number of aryl methyl sites for hydroxylation is 2. The van der Waals surface area contributed by atoms with Crippen molar-refractivity contribution >= 4 is 34.7 Å². The molecule has 27 heavy (non-hydrogen) atoms. The minimum absolute atomic E-state index is 0.0743. The van der Waals surface area contributed by atoms with Gasteiger partial charge >= 0.3 is 6.09 Å². The molecule has 0 aliphatic carbocycles. The first-order valence-corrected chi connectivity index (χ1v) is 9.48. The highest BCUT2D eigenvalue weighted by atomic mass is 32.1. The maximum absolute atomic E-state index is 14.0. The van der Waals surface area contributed by atoms with Crippen LogP contribution < -0.4 is 10.6 Å². The van der Waals surface area contributed by atoms with Gasteiger partial charge in [0.1, 0.15) is 16.3 Å². The lowest BCUT2D eigenvalue weighted by Gasteiger charge is -2.20. The van der Waals surface area contributed by atoms with Crippen molar-refractivity contribution in [3.63, 3.8) is 0 Å². The van der Waals surface area contributed by atoms with E-state index in [1.165, 1.54) is 29.5 Å². The smallest absolute Gasteiger partial charge is 0.412 e. The van der Waals surface area contributed by atoms with E-state index in [1.807, 2.05) is 6.92 Å². The number of anilines is 2. The highest BCUT2D eigenvalue weighted by Crippen LogP contribution is 2.24. The largest absolute Gasteiger partial charge is 0.444 e. The quantitative estimate of drug-likeness (QED) is 0.737. The Labute approximate surface area is 162 Å². The maximum atomic E-state index is 14.0. The molecule has 0 bridgehead atoms. The Hall–Kier alpha value is -2.48. The van der Waals surface area contributed by atoms with Crippen LogP contribution in [0.2, 0.25) is 0 Å². The number of benzene rings is 1. The van der Waals surface area contributed by atoms with Gasteiger partial charge in [0.15, 0.2) is 0 Å². The first kappa shape index (κ1) is 20.8. The minimum Gasteiger partial charge on any atom is -0.444 e. The molecule has 1 heterocycles. The molecule has 1 aromatic heterocycles. The molecule has 0 saturated heterocycles. The van der Waals surface area contributed by atoms with Crippen LogP contribution in [0.1, 0.15) is 54.5 Å². The summed E-state index contributed by atoms with van der Waals surface area (Å²) in [5, 5.41) is 5.98. The topological polar surface area (TPSA) is 80.3 Å². The summed E-state index contributed by atoms with van der Waals surface area (Å²) in [4.78, 5) is 29.3. The Morgan fingerprint density at radius 2 is 1.96 bits per heavy atom. The molecule has 0 aliphatic rings. The van der Waals surface area contributed by atoms with Gasteiger partial charge in [0, 0.05) is 5.69 Å². The highest BCUT2D eigenvalue weighted by molar-refractivity contribution is 7.13. The predicted octanol–water partition coefficient (Wildman–Crippen LogP) is 5.14. The summed E-state index contributed by atoms with van der Waals surface area (Å²) in [5.74, 6) is -0.944. The van der Waals surface area contributed by atoms with Crippen LogP contribution in [0, 0.1) is 12.7 Å². The monoisotopic (exact) mass is 393 g/mol. The van der Waals surface area contributed by atoms with Crippen molar-refractivity contribution in [2.75, 3.05) is 10.6 Å². The standard InChI is InChI=1S/C19H24FN3O3S/c1-6-7-15-21-11(2)16(27-15)17(24)22-12-8-9-13(20)14(10-12)23-18(25)26-19(3,4)5/h8-10H,6-7H2,1-5H3,(H,22,24)(H,23,25). The van der Waals surface area contributed by atoms with E-state index in [4.69, 9.17) is 4.74 Å². The number of nitrogens with zero attached hydrogens (tertiary/aromatic N) is 1. The van der Waals surface area contributed by atoms with Gasteiger partial charge in [-0.1, -0.05) is 6.92 Å². The van der Waals surface area contributed by atoms with Crippen molar-refractivity contribution in [1.29, 1.82) is 0 Å². The summed E-state index contributed by atoms with van der Waals surface area (Å²) >= 11 is 1.35. The molecule has 8 heteroatoms. The van der Waals surface area contributed by atoms with Crippen molar-refractivity contribution in [2.45, 2.75) is 53.1 Å². The fraction of sp³-hybridized carbons (Fsp3) is 0.421. The molecule has 0 unspecified atom stereocenters. The zero-order chi connectivity index (χ0) is 20.2. The molecule has 0 saturated carbocycles. The fourth-order valence-electron chi connectivity index (χ4n) is 2.28. The van der Waals surface area contributed by atoms with Crippen LogP contribution in [0.3, 0.4) is 0 Å². The number of rotatable bonds is 5. The number of aromatic nitrogens is 1. The van der Waals surface area contributed by atoms with Crippen LogP contribution in [0.15, 0.2) is 18.2 Å². The number of ether oxygens (including phenoxy) is 1. The lowest BCUT2D eigenvalue weighted by atomic mass is 10.2. The second kappa shape index (κ2) is 8.47. The van der Waals surface area contributed by atoms with Gasteiger partial charge < -0.3 is 10.1 Å². The molecule has 146 valence electrons. The molecule has 1 aromatic carbocycles. The highest BCUT2D eigenvalue weighted by Gasteiger charge is 2.19. The molecule has 2 aromatic rings. The number of carbonyl (C=O) groups excluding carboxylic acids is 2. The number of nitrogens with one attached hydrogen (secondary N) is 2. The van der Waals surface area contributed by atoms with Crippen molar-refractivity contribution in [3.05, 3.63) is 39.6 Å². The minimum atomic E-state index is -0.771. The Morgan fingerprint density at radius 3 is 2.59 bits per heavy atom. The third kappa shape index (κ3) is 6.02. The zero-order valence-corrected chi connectivity index (χ0v) is 16.9. The number of hydrogen-bond acceptors (Lipinski definition) is 5. The number of hydrogen-bond donors (Lipinski definition) is 2. The van der Waals surface area contributed by atoms with Gasteiger partial charge in [-0.15, -0.1) is 11.3 Å². The lowest BCUT2D eigenvalue weighted by Crippen LogP contribution is -2.27. The van der Waals surface area contributed by atoms with Gasteiger partial charge in [0.25, 0.3) is 5.91 Å². The molecule has 0 radical (unpaired) electrons. The second-order valence-electron chi connectivity index (χ2n) is 7.05. The van der Waals surface area contributed by atoms with Gasteiger partial charge in [-0.25, -0.2) is 14.2 Å². The van der Waals surface area contributed by atoms with E-state index in [-0.39, 0.29) is 11.6 Å². The summed E-state index contributed by atoms with van der Waals surface area (Å²) < 4.78 is 19.1. The molecule has 6 nitrogen and oxygen atoms in total. The maximum Gasteiger partial charge on any atom is 0.412 e. The summed E-state index contributed by atoms with van der Waals surface area (Å²) in [5.41, 5.74) is 0.244. The van der Waals surface area contributed by atoms with Crippen LogP contribution in [-0.2, 0) is 11.2 Å². The first-order valence-electron chi connectivity index (χ1n) is 8.66. The van der Waals surface area contributed by atoms with Gasteiger partial charge in [-0.2, -0.15) is 0 Å². The number of halogens is 1. The third-order valence-electron chi connectivity index (χ3n) is 3.37. The summed E-state index contributed by atoms with van der Waals surface area (Å²) in [7, 11) is 0. The van der Waals surface area contributed by atoms with Crippen molar-refractivity contribution in [2.24, 2.45) is 0 Å². The molecule has 2 amide bonds. The molecule has 0 aliphatic heterocycles. The zero-order valence-electron chi connectivity index (χ0n) is 16.1. The average molecular weight is 393 g/mol. The molecule has 0 atom stereocenters. The normalized spacial score (nSPS) is 11.2. The van der Waals surface area contributed by atoms with E-state index in [0.29, 0.717) is 16.3 Å². The fourth-order valence-corrected chi connectivity index (χ4v) is 3.35. The molecule has 2 N–H and O–H groups in total. The van der Waals surface area contributed by atoms with E-state index in [0.717, 1.165) is 17.8 Å². The molecular formula is C19H24FN3O3S. The van der Waals surface area contributed by atoms with Gasteiger partial charge in [0.2, 0.25) is 0 Å². The van der Waals surface area contributed by atoms with Gasteiger partial charge in [-0.05, 0) is 58.7 Å². The Bertz CT molecular complexity index is 843. The SMILES string of the molecule is CCCc1nc(C)c(C(=O)Nc2ccc(F)c(NC(=O)OC(C)(C)C)c2)s1. The van der Waals surface area contributed by atoms with E-state index >= 15 is 0 Å². The molecule has 0 fully saturated rings. The number of thiazole rings is 1. The Balaban J connectivity index is 2.13. The molecule has 2 rings (SSSR count). The van der Waals surface area contributed by atoms with Crippen molar-refractivity contribution in [1.82, 2.24) is 4.98 Å². The van der Waals surface area contributed by atoms with Gasteiger partial charge in [0.05, 0.1) is 16.4 Å². The number of carbonyl (C=O) groups is 2. The van der Waals surface area contributed by atoms with Gasteiger partial charge in [-0.3, -0.25) is 10.1 Å².